The number of amides is 2. The molecule has 0 unspecified atom stereocenters. The van der Waals surface area contributed by atoms with Crippen LogP contribution in [0.25, 0.3) is 0 Å². The second kappa shape index (κ2) is 5.61. The van der Waals surface area contributed by atoms with Gasteiger partial charge in [-0.1, -0.05) is 25.4 Å². The van der Waals surface area contributed by atoms with Gasteiger partial charge in [-0.05, 0) is 24.6 Å². The average molecular weight is 281 g/mol. The van der Waals surface area contributed by atoms with Gasteiger partial charge in [0.1, 0.15) is 0 Å². The van der Waals surface area contributed by atoms with Crippen LogP contribution in [-0.4, -0.2) is 18.4 Å². The van der Waals surface area contributed by atoms with Gasteiger partial charge in [0.05, 0.1) is 11.4 Å². The summed E-state index contributed by atoms with van der Waals surface area (Å²) in [5.74, 6) is -0.126. The molecule has 0 atom stereocenters. The lowest BCUT2D eigenvalue weighted by atomic mass is 10.2. The minimum atomic E-state index is -0.124. The fourth-order valence-corrected chi connectivity index (χ4v) is 2.20. The first-order valence-electron chi connectivity index (χ1n) is 6.40. The molecule has 1 fully saturated rings. The zero-order chi connectivity index (χ0) is 14.0. The van der Waals surface area contributed by atoms with Gasteiger partial charge in [0.25, 0.3) is 0 Å². The smallest absolute Gasteiger partial charge is 0.227 e. The van der Waals surface area contributed by atoms with Gasteiger partial charge in [0.15, 0.2) is 0 Å². The number of benzene rings is 1. The van der Waals surface area contributed by atoms with E-state index in [0.717, 1.165) is 12.1 Å². The number of anilines is 2. The first kappa shape index (κ1) is 13.9. The van der Waals surface area contributed by atoms with Crippen molar-refractivity contribution in [2.75, 3.05) is 16.8 Å². The van der Waals surface area contributed by atoms with Crippen molar-refractivity contribution < 1.29 is 9.59 Å². The zero-order valence-electron chi connectivity index (χ0n) is 11.1. The fraction of sp³-hybridized carbons (Fsp3) is 0.429. The van der Waals surface area contributed by atoms with Gasteiger partial charge in [-0.2, -0.15) is 0 Å². The van der Waals surface area contributed by atoms with Gasteiger partial charge in [0, 0.05) is 23.9 Å². The Morgan fingerprint density at radius 3 is 2.74 bits per heavy atom. The highest BCUT2D eigenvalue weighted by Gasteiger charge is 2.24. The Kier molecular flexibility index (Phi) is 4.10. The minimum Gasteiger partial charge on any atom is -0.324 e. The number of hydrogen-bond acceptors (Lipinski definition) is 2. The quantitative estimate of drug-likeness (QED) is 0.925. The molecule has 102 valence electrons. The van der Waals surface area contributed by atoms with Crippen molar-refractivity contribution in [3.8, 4) is 0 Å². The summed E-state index contributed by atoms with van der Waals surface area (Å²) in [6.45, 7) is 4.33. The SMILES string of the molecule is CC(C)C(=O)Nc1cc(Cl)ccc1N1CCCC1=O. The van der Waals surface area contributed by atoms with Gasteiger partial charge in [-0.3, -0.25) is 9.59 Å². The molecule has 19 heavy (non-hydrogen) atoms. The number of nitrogens with zero attached hydrogens (tertiary/aromatic N) is 1. The lowest BCUT2D eigenvalue weighted by molar-refractivity contribution is -0.119. The van der Waals surface area contributed by atoms with E-state index in [1.165, 1.54) is 0 Å². The van der Waals surface area contributed by atoms with Gasteiger partial charge >= 0.3 is 0 Å². The van der Waals surface area contributed by atoms with E-state index in [9.17, 15) is 9.59 Å². The number of nitrogens with one attached hydrogen (secondary N) is 1. The molecular formula is C14H17ClN2O2. The maximum atomic E-state index is 11.8. The molecule has 1 aliphatic heterocycles. The van der Waals surface area contributed by atoms with Gasteiger partial charge < -0.3 is 10.2 Å². The first-order valence-corrected chi connectivity index (χ1v) is 6.77. The van der Waals surface area contributed by atoms with Gasteiger partial charge in [0.2, 0.25) is 11.8 Å². The molecule has 0 aromatic heterocycles. The Balaban J connectivity index is 2.32. The van der Waals surface area contributed by atoms with Crippen LogP contribution in [0.4, 0.5) is 11.4 Å². The first-order chi connectivity index (χ1) is 8.99. The predicted molar refractivity (Wildman–Crippen MR) is 76.5 cm³/mol. The number of carbonyl (C=O) groups is 2. The minimum absolute atomic E-state index is 0.0855. The highest BCUT2D eigenvalue weighted by molar-refractivity contribution is 6.31. The van der Waals surface area contributed by atoms with Crippen molar-refractivity contribution in [1.82, 2.24) is 0 Å². The third-order valence-corrected chi connectivity index (χ3v) is 3.34. The predicted octanol–water partition coefficient (Wildman–Crippen LogP) is 3.06. The van der Waals surface area contributed by atoms with Crippen molar-refractivity contribution >= 4 is 34.8 Å². The lowest BCUT2D eigenvalue weighted by Crippen LogP contribution is -2.26. The highest BCUT2D eigenvalue weighted by Crippen LogP contribution is 2.32. The van der Waals surface area contributed by atoms with Crippen molar-refractivity contribution in [3.63, 3.8) is 0 Å². The number of rotatable bonds is 3. The summed E-state index contributed by atoms with van der Waals surface area (Å²) in [5, 5.41) is 3.37. The van der Waals surface area contributed by atoms with E-state index in [2.05, 4.69) is 5.32 Å². The lowest BCUT2D eigenvalue weighted by Gasteiger charge is -2.20. The largest absolute Gasteiger partial charge is 0.324 e. The second-order valence-electron chi connectivity index (χ2n) is 4.95. The molecule has 0 saturated carbocycles. The molecule has 1 aromatic carbocycles. The molecule has 1 aromatic rings. The molecule has 0 bridgehead atoms. The molecule has 5 heteroatoms. The maximum absolute atomic E-state index is 11.8. The molecule has 2 rings (SSSR count). The van der Waals surface area contributed by atoms with E-state index in [-0.39, 0.29) is 17.7 Å². The summed E-state index contributed by atoms with van der Waals surface area (Å²) in [6.07, 6.45) is 1.40. The van der Waals surface area contributed by atoms with E-state index in [0.29, 0.717) is 23.7 Å². The third kappa shape index (κ3) is 3.07. The normalized spacial score (nSPS) is 15.2. The van der Waals surface area contributed by atoms with E-state index in [4.69, 9.17) is 11.6 Å². The average Bonchev–Trinajstić information content (AvgIpc) is 2.75. The van der Waals surface area contributed by atoms with Crippen molar-refractivity contribution in [1.29, 1.82) is 0 Å². The monoisotopic (exact) mass is 280 g/mol. The van der Waals surface area contributed by atoms with E-state index >= 15 is 0 Å². The Morgan fingerprint density at radius 1 is 1.42 bits per heavy atom. The van der Waals surface area contributed by atoms with E-state index < -0.39 is 0 Å². The third-order valence-electron chi connectivity index (χ3n) is 3.11. The number of carbonyl (C=O) groups excluding carboxylic acids is 2. The zero-order valence-corrected chi connectivity index (χ0v) is 11.8. The van der Waals surface area contributed by atoms with Crippen LogP contribution in [0.3, 0.4) is 0 Å². The summed E-state index contributed by atoms with van der Waals surface area (Å²) in [6, 6.07) is 5.19. The van der Waals surface area contributed by atoms with Crippen molar-refractivity contribution in [2.24, 2.45) is 5.92 Å². The molecule has 1 saturated heterocycles. The Morgan fingerprint density at radius 2 is 2.16 bits per heavy atom. The molecular weight excluding hydrogens is 264 g/mol. The Bertz CT molecular complexity index is 514. The van der Waals surface area contributed by atoms with Crippen LogP contribution in [0.2, 0.25) is 5.02 Å². The topological polar surface area (TPSA) is 49.4 Å². The fourth-order valence-electron chi connectivity index (χ4n) is 2.02. The van der Waals surface area contributed by atoms with Crippen LogP contribution >= 0.6 is 11.6 Å². The van der Waals surface area contributed by atoms with Crippen LogP contribution in [0, 0.1) is 5.92 Å². The maximum Gasteiger partial charge on any atom is 0.227 e. The summed E-state index contributed by atoms with van der Waals surface area (Å²) >= 11 is 5.97. The Labute approximate surface area is 117 Å². The molecule has 0 spiro atoms. The molecule has 0 aliphatic carbocycles. The van der Waals surface area contributed by atoms with Crippen LogP contribution in [0.5, 0.6) is 0 Å². The summed E-state index contributed by atoms with van der Waals surface area (Å²) in [7, 11) is 0. The van der Waals surface area contributed by atoms with Crippen molar-refractivity contribution in [3.05, 3.63) is 23.2 Å². The van der Waals surface area contributed by atoms with Crippen molar-refractivity contribution in [2.45, 2.75) is 26.7 Å². The van der Waals surface area contributed by atoms with Crippen LogP contribution < -0.4 is 10.2 Å². The van der Waals surface area contributed by atoms with E-state index in [1.54, 1.807) is 23.1 Å². The molecule has 2 amide bonds. The molecule has 4 nitrogen and oxygen atoms in total. The second-order valence-corrected chi connectivity index (χ2v) is 5.39. The molecule has 1 aliphatic rings. The summed E-state index contributed by atoms with van der Waals surface area (Å²) in [4.78, 5) is 25.3. The van der Waals surface area contributed by atoms with Crippen LogP contribution in [0.1, 0.15) is 26.7 Å². The molecule has 1 N–H and O–H groups in total. The van der Waals surface area contributed by atoms with Gasteiger partial charge in [-0.15, -0.1) is 0 Å². The highest BCUT2D eigenvalue weighted by atomic mass is 35.5. The van der Waals surface area contributed by atoms with Crippen LogP contribution in [-0.2, 0) is 9.59 Å². The standard InChI is InChI=1S/C14H17ClN2O2/c1-9(2)14(19)16-11-8-10(15)5-6-12(11)17-7-3-4-13(17)18/h5-6,8-9H,3-4,7H2,1-2H3,(H,16,19). The Hall–Kier alpha value is -1.55. The number of hydrogen-bond donors (Lipinski definition) is 1. The van der Waals surface area contributed by atoms with E-state index in [1.807, 2.05) is 13.8 Å². The summed E-state index contributed by atoms with van der Waals surface area (Å²) in [5.41, 5.74) is 1.32. The van der Waals surface area contributed by atoms with Crippen LogP contribution in [0.15, 0.2) is 18.2 Å². The number of halogens is 1. The van der Waals surface area contributed by atoms with Gasteiger partial charge in [-0.25, -0.2) is 0 Å². The summed E-state index contributed by atoms with van der Waals surface area (Å²) < 4.78 is 0. The molecule has 1 heterocycles. The molecule has 0 radical (unpaired) electrons.